The van der Waals surface area contributed by atoms with E-state index < -0.39 is 0 Å². The van der Waals surface area contributed by atoms with Gasteiger partial charge in [0.2, 0.25) is 0 Å². The first-order chi connectivity index (χ1) is 10.0. The maximum absolute atomic E-state index is 12.1. The third-order valence-electron chi connectivity index (χ3n) is 3.52. The van der Waals surface area contributed by atoms with E-state index in [1.807, 2.05) is 43.8 Å². The predicted molar refractivity (Wildman–Crippen MR) is 90.8 cm³/mol. The third kappa shape index (κ3) is 6.40. The van der Waals surface area contributed by atoms with Gasteiger partial charge in [-0.25, -0.2) is 4.79 Å². The lowest BCUT2D eigenvalue weighted by Crippen LogP contribution is -2.48. The second kappa shape index (κ2) is 8.95. The van der Waals surface area contributed by atoms with Crippen LogP contribution in [-0.2, 0) is 5.75 Å². The Morgan fingerprint density at radius 3 is 2.76 bits per heavy atom. The maximum atomic E-state index is 12.1. The van der Waals surface area contributed by atoms with Crippen molar-refractivity contribution in [3.63, 3.8) is 0 Å². The predicted octanol–water partition coefficient (Wildman–Crippen LogP) is 3.61. The molecule has 0 spiro atoms. The van der Waals surface area contributed by atoms with Gasteiger partial charge in [0.05, 0.1) is 0 Å². The Labute approximate surface area is 131 Å². The quantitative estimate of drug-likeness (QED) is 0.687. The van der Waals surface area contributed by atoms with Crippen LogP contribution in [0, 0.1) is 0 Å². The SMILES string of the molecule is CCSCc1cccc(NC(=O)NC(C)(CC)CCO)c1. The van der Waals surface area contributed by atoms with Crippen molar-refractivity contribution in [1.82, 2.24) is 5.32 Å². The lowest BCUT2D eigenvalue weighted by molar-refractivity contribution is 0.208. The number of aliphatic hydroxyl groups excluding tert-OH is 1. The summed E-state index contributed by atoms with van der Waals surface area (Å²) in [4.78, 5) is 12.1. The topological polar surface area (TPSA) is 61.4 Å². The molecule has 0 saturated carbocycles. The average Bonchev–Trinajstić information content (AvgIpc) is 2.45. The number of benzene rings is 1. The summed E-state index contributed by atoms with van der Waals surface area (Å²) in [7, 11) is 0. The highest BCUT2D eigenvalue weighted by atomic mass is 32.2. The summed E-state index contributed by atoms with van der Waals surface area (Å²) in [5.74, 6) is 2.03. The van der Waals surface area contributed by atoms with Gasteiger partial charge >= 0.3 is 6.03 Å². The van der Waals surface area contributed by atoms with E-state index in [2.05, 4.69) is 23.6 Å². The lowest BCUT2D eigenvalue weighted by atomic mass is 9.95. The number of carbonyl (C=O) groups excluding carboxylic acids is 1. The smallest absolute Gasteiger partial charge is 0.319 e. The molecule has 1 aromatic rings. The van der Waals surface area contributed by atoms with Crippen LogP contribution in [0.1, 0.15) is 39.2 Å². The molecule has 0 aliphatic heterocycles. The van der Waals surface area contributed by atoms with Crippen molar-refractivity contribution in [3.05, 3.63) is 29.8 Å². The molecule has 0 aliphatic carbocycles. The highest BCUT2D eigenvalue weighted by Gasteiger charge is 2.23. The van der Waals surface area contributed by atoms with Gasteiger partial charge in [0.15, 0.2) is 0 Å². The minimum Gasteiger partial charge on any atom is -0.396 e. The van der Waals surface area contributed by atoms with Gasteiger partial charge in [-0.05, 0) is 43.2 Å². The summed E-state index contributed by atoms with van der Waals surface area (Å²) in [5.41, 5.74) is 1.62. The van der Waals surface area contributed by atoms with Crippen molar-refractivity contribution in [3.8, 4) is 0 Å². The first-order valence-electron chi connectivity index (χ1n) is 7.39. The van der Waals surface area contributed by atoms with E-state index in [-0.39, 0.29) is 18.2 Å². The van der Waals surface area contributed by atoms with Gasteiger partial charge in [-0.3, -0.25) is 0 Å². The molecule has 1 aromatic carbocycles. The van der Waals surface area contributed by atoms with Crippen molar-refractivity contribution < 1.29 is 9.90 Å². The molecular weight excluding hydrogens is 284 g/mol. The molecule has 0 bridgehead atoms. The second-order valence-electron chi connectivity index (χ2n) is 5.30. The van der Waals surface area contributed by atoms with Gasteiger partial charge in [0.25, 0.3) is 0 Å². The number of nitrogens with one attached hydrogen (secondary N) is 2. The molecule has 1 rings (SSSR count). The van der Waals surface area contributed by atoms with Crippen molar-refractivity contribution in [1.29, 1.82) is 0 Å². The van der Waals surface area contributed by atoms with Crippen LogP contribution in [0.2, 0.25) is 0 Å². The molecule has 0 aliphatic rings. The molecule has 118 valence electrons. The van der Waals surface area contributed by atoms with Crippen LogP contribution < -0.4 is 10.6 Å². The number of amides is 2. The van der Waals surface area contributed by atoms with Crippen LogP contribution in [0.25, 0.3) is 0 Å². The van der Waals surface area contributed by atoms with Crippen molar-refractivity contribution in [2.24, 2.45) is 0 Å². The molecule has 4 nitrogen and oxygen atoms in total. The zero-order valence-corrected chi connectivity index (χ0v) is 13.9. The monoisotopic (exact) mass is 310 g/mol. The summed E-state index contributed by atoms with van der Waals surface area (Å²) in [6.45, 7) is 6.14. The highest BCUT2D eigenvalue weighted by Crippen LogP contribution is 2.17. The van der Waals surface area contributed by atoms with Gasteiger partial charge < -0.3 is 15.7 Å². The largest absolute Gasteiger partial charge is 0.396 e. The first kappa shape index (κ1) is 17.9. The molecule has 0 fully saturated rings. The Kier molecular flexibility index (Phi) is 7.61. The van der Waals surface area contributed by atoms with Crippen molar-refractivity contribution >= 4 is 23.5 Å². The molecule has 0 saturated heterocycles. The van der Waals surface area contributed by atoms with E-state index >= 15 is 0 Å². The Hall–Kier alpha value is -1.20. The van der Waals surface area contributed by atoms with E-state index in [0.29, 0.717) is 6.42 Å². The fraction of sp³-hybridized carbons (Fsp3) is 0.562. The summed E-state index contributed by atoms with van der Waals surface area (Å²) < 4.78 is 0. The summed E-state index contributed by atoms with van der Waals surface area (Å²) in [6, 6.07) is 7.67. The van der Waals surface area contributed by atoms with Crippen molar-refractivity contribution in [2.75, 3.05) is 17.7 Å². The van der Waals surface area contributed by atoms with Gasteiger partial charge in [-0.15, -0.1) is 0 Å². The van der Waals surface area contributed by atoms with Gasteiger partial charge in [-0.2, -0.15) is 11.8 Å². The number of urea groups is 1. The molecule has 21 heavy (non-hydrogen) atoms. The van der Waals surface area contributed by atoms with Gasteiger partial charge in [0.1, 0.15) is 0 Å². The third-order valence-corrected chi connectivity index (χ3v) is 4.46. The zero-order valence-electron chi connectivity index (χ0n) is 13.1. The molecular formula is C16H26N2O2S. The number of hydrogen-bond donors (Lipinski definition) is 3. The molecule has 5 heteroatoms. The summed E-state index contributed by atoms with van der Waals surface area (Å²) in [6.07, 6.45) is 1.32. The molecule has 0 aromatic heterocycles. The zero-order chi connectivity index (χ0) is 15.7. The number of rotatable bonds is 8. The Morgan fingerprint density at radius 1 is 1.38 bits per heavy atom. The van der Waals surface area contributed by atoms with E-state index in [1.165, 1.54) is 5.56 Å². The minimum absolute atomic E-state index is 0.0638. The fourth-order valence-electron chi connectivity index (χ4n) is 1.97. The van der Waals surface area contributed by atoms with Crippen LogP contribution in [0.5, 0.6) is 0 Å². The fourth-order valence-corrected chi connectivity index (χ4v) is 2.59. The Balaban J connectivity index is 2.61. The molecule has 0 heterocycles. The number of thioether (sulfide) groups is 1. The van der Waals surface area contributed by atoms with E-state index in [4.69, 9.17) is 5.11 Å². The second-order valence-corrected chi connectivity index (χ2v) is 6.58. The molecule has 2 amide bonds. The van der Waals surface area contributed by atoms with E-state index in [9.17, 15) is 4.79 Å². The number of aliphatic hydroxyl groups is 1. The van der Waals surface area contributed by atoms with Crippen LogP contribution in [0.3, 0.4) is 0 Å². The summed E-state index contributed by atoms with van der Waals surface area (Å²) in [5, 5.41) is 14.9. The number of hydrogen-bond acceptors (Lipinski definition) is 3. The van der Waals surface area contributed by atoms with E-state index in [0.717, 1.165) is 23.6 Å². The lowest BCUT2D eigenvalue weighted by Gasteiger charge is -2.29. The van der Waals surface area contributed by atoms with Crippen LogP contribution in [-0.4, -0.2) is 29.0 Å². The summed E-state index contributed by atoms with van der Waals surface area (Å²) >= 11 is 1.85. The number of anilines is 1. The molecule has 3 N–H and O–H groups in total. The standard InChI is InChI=1S/C16H26N2O2S/c1-4-16(3,9-10-19)18-15(20)17-14-8-6-7-13(11-14)12-21-5-2/h6-8,11,19H,4-5,9-10,12H2,1-3H3,(H2,17,18,20). The van der Waals surface area contributed by atoms with Gasteiger partial charge in [-0.1, -0.05) is 26.0 Å². The Bertz CT molecular complexity index is 454. The highest BCUT2D eigenvalue weighted by molar-refractivity contribution is 7.98. The maximum Gasteiger partial charge on any atom is 0.319 e. The Morgan fingerprint density at radius 2 is 2.14 bits per heavy atom. The van der Waals surface area contributed by atoms with E-state index in [1.54, 1.807) is 0 Å². The van der Waals surface area contributed by atoms with Gasteiger partial charge in [0, 0.05) is 23.6 Å². The molecule has 0 radical (unpaired) electrons. The molecule has 1 unspecified atom stereocenters. The number of carbonyl (C=O) groups is 1. The van der Waals surface area contributed by atoms with Crippen LogP contribution in [0.15, 0.2) is 24.3 Å². The molecule has 1 atom stereocenters. The minimum atomic E-state index is -0.380. The first-order valence-corrected chi connectivity index (χ1v) is 8.55. The van der Waals surface area contributed by atoms with Crippen LogP contribution >= 0.6 is 11.8 Å². The average molecular weight is 310 g/mol. The van der Waals surface area contributed by atoms with Crippen LogP contribution in [0.4, 0.5) is 10.5 Å². The van der Waals surface area contributed by atoms with Crippen molar-refractivity contribution in [2.45, 2.75) is 44.9 Å². The normalized spacial score (nSPS) is 13.5.